The molecule has 1 unspecified atom stereocenters. The molecule has 176 valence electrons. The minimum absolute atomic E-state index is 0.336. The fourth-order valence-corrected chi connectivity index (χ4v) is 7.69. The highest BCUT2D eigenvalue weighted by atomic mass is 32.3. The summed E-state index contributed by atoms with van der Waals surface area (Å²) < 4.78 is 35.8. The number of aromatic nitrogens is 3. The summed E-state index contributed by atoms with van der Waals surface area (Å²) in [5.74, 6) is 1.96. The minimum atomic E-state index is -2.99. The Balaban J connectivity index is 1.14. The van der Waals surface area contributed by atoms with Crippen LogP contribution in [-0.4, -0.2) is 58.0 Å². The first kappa shape index (κ1) is 22.4. The second-order valence-electron chi connectivity index (χ2n) is 8.74. The van der Waals surface area contributed by atoms with Crippen LogP contribution in [0.15, 0.2) is 64.9 Å². The predicted molar refractivity (Wildman–Crippen MR) is 133 cm³/mol. The van der Waals surface area contributed by atoms with E-state index < -0.39 is 21.6 Å². The van der Waals surface area contributed by atoms with Crippen LogP contribution in [0, 0.1) is 5.92 Å². The maximum atomic E-state index is 12.9. The molecule has 0 saturated heterocycles. The summed E-state index contributed by atoms with van der Waals surface area (Å²) in [5.41, 5.74) is 0.849. The van der Waals surface area contributed by atoms with Crippen LogP contribution in [0.1, 0.15) is 25.7 Å². The highest BCUT2D eigenvalue weighted by molar-refractivity contribution is 8.27. The largest absolute Gasteiger partial charge is 0.356 e. The summed E-state index contributed by atoms with van der Waals surface area (Å²) in [6.07, 6.45) is 9.25. The van der Waals surface area contributed by atoms with Gasteiger partial charge >= 0.3 is 0 Å². The van der Waals surface area contributed by atoms with Crippen molar-refractivity contribution < 1.29 is 13.3 Å². The lowest BCUT2D eigenvalue weighted by Gasteiger charge is -2.42. The van der Waals surface area contributed by atoms with E-state index in [1.54, 1.807) is 41.1 Å². The zero-order valence-electron chi connectivity index (χ0n) is 18.5. The monoisotopic (exact) mass is 487 g/mol. The highest BCUT2D eigenvalue weighted by Crippen LogP contribution is 2.57. The SMILES string of the molecule is CN(c1ncnc2[nH]ccc12)C1CCC(CS(=O)N2C=C(S(O)(O)c3ccccc3)C2)CC1. The molecule has 1 aromatic carbocycles. The van der Waals surface area contributed by atoms with Crippen molar-refractivity contribution >= 4 is 38.4 Å². The summed E-state index contributed by atoms with van der Waals surface area (Å²) in [6.45, 7) is 0.336. The topological polar surface area (TPSA) is 106 Å². The first-order valence-electron chi connectivity index (χ1n) is 11.1. The van der Waals surface area contributed by atoms with Crippen molar-refractivity contribution in [1.29, 1.82) is 0 Å². The number of rotatable bonds is 7. The molecule has 1 aliphatic carbocycles. The van der Waals surface area contributed by atoms with E-state index in [1.807, 2.05) is 18.3 Å². The van der Waals surface area contributed by atoms with Crippen molar-refractivity contribution in [1.82, 2.24) is 19.3 Å². The minimum Gasteiger partial charge on any atom is -0.356 e. The molecule has 3 heterocycles. The summed E-state index contributed by atoms with van der Waals surface area (Å²) in [7, 11) is -2.05. The van der Waals surface area contributed by atoms with Gasteiger partial charge in [0.25, 0.3) is 0 Å². The zero-order valence-corrected chi connectivity index (χ0v) is 20.1. The Bertz CT molecular complexity index is 1180. The lowest BCUT2D eigenvalue weighted by atomic mass is 9.86. The fraction of sp³-hybridized carbons (Fsp3) is 0.391. The number of hydrogen-bond acceptors (Lipinski definition) is 6. The van der Waals surface area contributed by atoms with Gasteiger partial charge in [-0.25, -0.2) is 14.2 Å². The van der Waals surface area contributed by atoms with Crippen molar-refractivity contribution in [3.05, 3.63) is 60.0 Å². The number of H-pyrrole nitrogens is 1. The van der Waals surface area contributed by atoms with Crippen LogP contribution in [0.5, 0.6) is 0 Å². The van der Waals surface area contributed by atoms with Crippen molar-refractivity contribution in [2.75, 3.05) is 24.2 Å². The third-order valence-electron chi connectivity index (χ3n) is 6.71. The van der Waals surface area contributed by atoms with Gasteiger partial charge in [0.05, 0.1) is 21.7 Å². The Kier molecular flexibility index (Phi) is 6.17. The second kappa shape index (κ2) is 9.09. The molecular formula is C23H29N5O3S2. The Morgan fingerprint density at radius 1 is 1.15 bits per heavy atom. The predicted octanol–water partition coefficient (Wildman–Crippen LogP) is 4.58. The Morgan fingerprint density at radius 2 is 1.88 bits per heavy atom. The molecule has 33 heavy (non-hydrogen) atoms. The van der Waals surface area contributed by atoms with Crippen LogP contribution in [0.4, 0.5) is 5.82 Å². The van der Waals surface area contributed by atoms with Gasteiger partial charge in [0.1, 0.15) is 28.8 Å². The molecule has 2 aliphatic rings. The first-order valence-corrected chi connectivity index (χ1v) is 14.0. The van der Waals surface area contributed by atoms with Gasteiger partial charge in [-0.05, 0) is 49.8 Å². The molecule has 0 radical (unpaired) electrons. The average Bonchev–Trinajstić information content (AvgIpc) is 3.27. The van der Waals surface area contributed by atoms with Gasteiger partial charge in [-0.2, -0.15) is 0 Å². The molecular weight excluding hydrogens is 458 g/mol. The van der Waals surface area contributed by atoms with Crippen LogP contribution in [0.3, 0.4) is 0 Å². The molecule has 3 N–H and O–H groups in total. The molecule has 1 aliphatic heterocycles. The number of nitrogens with one attached hydrogen (secondary N) is 1. The zero-order chi connectivity index (χ0) is 23.0. The Hall–Kier alpha value is -2.40. The highest BCUT2D eigenvalue weighted by Gasteiger charge is 2.33. The van der Waals surface area contributed by atoms with E-state index in [2.05, 4.69) is 26.9 Å². The maximum Gasteiger partial charge on any atom is 0.142 e. The molecule has 1 fully saturated rings. The normalized spacial score (nSPS) is 22.5. The van der Waals surface area contributed by atoms with E-state index in [9.17, 15) is 13.3 Å². The third-order valence-corrected chi connectivity index (χ3v) is 10.1. The van der Waals surface area contributed by atoms with E-state index >= 15 is 0 Å². The van der Waals surface area contributed by atoms with Gasteiger partial charge < -0.3 is 9.88 Å². The molecule has 5 rings (SSSR count). The molecule has 0 amide bonds. The number of fused-ring (bicyclic) bond motifs is 1. The van der Waals surface area contributed by atoms with Crippen LogP contribution >= 0.6 is 10.6 Å². The standard InChI is InChI=1S/C23H29N5O3S2/c1-27(23-21-11-12-24-22(21)25-16-26-23)18-9-7-17(8-10-18)15-32(29)28-13-20(14-28)33(30,31)19-5-3-2-4-6-19/h2-6,11-13,16-18,30-31H,7-10,14-15H2,1H3,(H,24,25,26). The lowest BCUT2D eigenvalue weighted by molar-refractivity contribution is 0.340. The van der Waals surface area contributed by atoms with Gasteiger partial charge in [-0.3, -0.25) is 13.4 Å². The summed E-state index contributed by atoms with van der Waals surface area (Å²) in [4.78, 5) is 15.2. The van der Waals surface area contributed by atoms with E-state index in [-0.39, 0.29) is 0 Å². The number of benzene rings is 1. The third kappa shape index (κ3) is 4.40. The van der Waals surface area contributed by atoms with Crippen molar-refractivity contribution in [3.63, 3.8) is 0 Å². The summed E-state index contributed by atoms with van der Waals surface area (Å²) in [6, 6.07) is 11.3. The van der Waals surface area contributed by atoms with Gasteiger partial charge in [0.15, 0.2) is 0 Å². The number of anilines is 1. The quantitative estimate of drug-likeness (QED) is 0.450. The number of aromatic amines is 1. The van der Waals surface area contributed by atoms with Gasteiger partial charge in [0.2, 0.25) is 0 Å². The lowest BCUT2D eigenvalue weighted by Crippen LogP contribution is -2.39. The molecule has 0 bridgehead atoms. The molecule has 8 nitrogen and oxygen atoms in total. The smallest absolute Gasteiger partial charge is 0.142 e. The van der Waals surface area contributed by atoms with Crippen LogP contribution in [-0.2, 0) is 11.0 Å². The Labute approximate surface area is 197 Å². The summed E-state index contributed by atoms with van der Waals surface area (Å²) >= 11 is 0. The molecule has 1 atom stereocenters. The van der Waals surface area contributed by atoms with Crippen molar-refractivity contribution in [2.45, 2.75) is 36.6 Å². The molecule has 3 aromatic rings. The van der Waals surface area contributed by atoms with Crippen molar-refractivity contribution in [3.8, 4) is 0 Å². The van der Waals surface area contributed by atoms with Crippen LogP contribution in [0.25, 0.3) is 11.0 Å². The first-order chi connectivity index (χ1) is 15.9. The van der Waals surface area contributed by atoms with Crippen molar-refractivity contribution in [2.24, 2.45) is 5.92 Å². The molecule has 2 aromatic heterocycles. The fourth-order valence-electron chi connectivity index (χ4n) is 4.65. The van der Waals surface area contributed by atoms with E-state index in [0.29, 0.717) is 34.1 Å². The van der Waals surface area contributed by atoms with E-state index in [1.165, 1.54) is 0 Å². The van der Waals surface area contributed by atoms with Crippen LogP contribution in [0.2, 0.25) is 0 Å². The number of hydrogen-bond donors (Lipinski definition) is 3. The molecule has 0 spiro atoms. The van der Waals surface area contributed by atoms with Crippen LogP contribution < -0.4 is 4.90 Å². The molecule has 10 heteroatoms. The van der Waals surface area contributed by atoms with E-state index in [0.717, 1.165) is 42.5 Å². The van der Waals surface area contributed by atoms with Gasteiger partial charge in [0, 0.05) is 31.2 Å². The second-order valence-corrected chi connectivity index (χ2v) is 12.3. The summed E-state index contributed by atoms with van der Waals surface area (Å²) in [5, 5.41) is 1.03. The maximum absolute atomic E-state index is 12.9. The van der Waals surface area contributed by atoms with E-state index in [4.69, 9.17) is 0 Å². The molecule has 1 saturated carbocycles. The number of nitrogens with zero attached hydrogens (tertiary/aromatic N) is 4. The van der Waals surface area contributed by atoms with Gasteiger partial charge in [-0.1, -0.05) is 18.2 Å². The van der Waals surface area contributed by atoms with Gasteiger partial charge in [-0.15, -0.1) is 10.6 Å². The average molecular weight is 488 g/mol. The Morgan fingerprint density at radius 3 is 2.61 bits per heavy atom.